The van der Waals surface area contributed by atoms with E-state index in [4.69, 9.17) is 9.47 Å². The number of methoxy groups -OCH3 is 2. The van der Waals surface area contributed by atoms with Crippen LogP contribution in [-0.4, -0.2) is 32.5 Å². The zero-order valence-electron chi connectivity index (χ0n) is 11.8. The van der Waals surface area contributed by atoms with E-state index >= 15 is 0 Å². The van der Waals surface area contributed by atoms with E-state index in [1.54, 1.807) is 14.2 Å². The molecule has 0 radical (unpaired) electrons. The van der Waals surface area contributed by atoms with Gasteiger partial charge in [-0.25, -0.2) is 0 Å². The Bertz CT molecular complexity index is 402. The predicted octanol–water partition coefficient (Wildman–Crippen LogP) is 2.44. The van der Waals surface area contributed by atoms with Gasteiger partial charge in [0.25, 0.3) is 0 Å². The van der Waals surface area contributed by atoms with Crippen molar-refractivity contribution in [3.05, 3.63) is 17.7 Å². The first kappa shape index (κ1) is 14.6. The zero-order valence-corrected chi connectivity index (χ0v) is 11.8. The first-order valence-electron chi connectivity index (χ1n) is 6.01. The molecule has 0 aromatic heterocycles. The van der Waals surface area contributed by atoms with E-state index in [2.05, 4.69) is 5.32 Å². The van der Waals surface area contributed by atoms with Crippen molar-refractivity contribution >= 4 is 5.69 Å². The van der Waals surface area contributed by atoms with E-state index in [9.17, 15) is 5.11 Å². The van der Waals surface area contributed by atoms with Crippen LogP contribution < -0.4 is 14.8 Å². The van der Waals surface area contributed by atoms with Crippen LogP contribution in [0.5, 0.6) is 11.5 Å². The maximum Gasteiger partial charge on any atom is 0.148 e. The summed E-state index contributed by atoms with van der Waals surface area (Å²) in [4.78, 5) is 0. The maximum absolute atomic E-state index is 9.24. The lowest BCUT2D eigenvalue weighted by Crippen LogP contribution is -2.27. The van der Waals surface area contributed by atoms with Crippen LogP contribution >= 0.6 is 0 Å². The molecule has 0 amide bonds. The summed E-state index contributed by atoms with van der Waals surface area (Å²) >= 11 is 0. The number of aliphatic hydroxyl groups is 1. The molecule has 4 nitrogen and oxygen atoms in total. The number of ether oxygens (including phenoxy) is 2. The van der Waals surface area contributed by atoms with E-state index in [0.717, 1.165) is 22.7 Å². The fourth-order valence-electron chi connectivity index (χ4n) is 1.69. The number of nitrogens with one attached hydrogen (secondary N) is 1. The molecule has 2 N–H and O–H groups in total. The van der Waals surface area contributed by atoms with E-state index in [-0.39, 0.29) is 12.0 Å². The normalized spacial score (nSPS) is 11.2. The van der Waals surface area contributed by atoms with Gasteiger partial charge in [-0.05, 0) is 19.1 Å². The Hall–Kier alpha value is -1.42. The van der Waals surface area contributed by atoms with Crippen LogP contribution in [0.4, 0.5) is 5.69 Å². The highest BCUT2D eigenvalue weighted by molar-refractivity contribution is 5.64. The fraction of sp³-hybridized carbons (Fsp3) is 0.571. The van der Waals surface area contributed by atoms with Gasteiger partial charge in [0.2, 0.25) is 0 Å². The molecule has 1 rings (SSSR count). The van der Waals surface area contributed by atoms with Crippen LogP contribution in [0.1, 0.15) is 19.4 Å². The van der Waals surface area contributed by atoms with Gasteiger partial charge in [0, 0.05) is 24.1 Å². The second-order valence-electron chi connectivity index (χ2n) is 5.15. The third-order valence-electron chi connectivity index (χ3n) is 2.97. The molecule has 0 spiro atoms. The lowest BCUT2D eigenvalue weighted by molar-refractivity contribution is 0.170. The Morgan fingerprint density at radius 1 is 1.22 bits per heavy atom. The molecule has 102 valence electrons. The van der Waals surface area contributed by atoms with E-state index in [1.807, 2.05) is 32.9 Å². The van der Waals surface area contributed by atoms with Crippen LogP contribution in [0.2, 0.25) is 0 Å². The summed E-state index contributed by atoms with van der Waals surface area (Å²) in [6.07, 6.45) is 0. The highest BCUT2D eigenvalue weighted by Crippen LogP contribution is 2.35. The topological polar surface area (TPSA) is 50.7 Å². The van der Waals surface area contributed by atoms with Crippen LogP contribution in [-0.2, 0) is 0 Å². The van der Waals surface area contributed by atoms with Crippen molar-refractivity contribution < 1.29 is 14.6 Å². The number of rotatable bonds is 6. The van der Waals surface area contributed by atoms with Crippen molar-refractivity contribution in [1.82, 2.24) is 0 Å². The molecular formula is C14H23NO3. The van der Waals surface area contributed by atoms with Gasteiger partial charge >= 0.3 is 0 Å². The molecule has 0 saturated carbocycles. The molecule has 1 aromatic carbocycles. The van der Waals surface area contributed by atoms with Gasteiger partial charge in [-0.3, -0.25) is 0 Å². The van der Waals surface area contributed by atoms with Gasteiger partial charge in [0.1, 0.15) is 11.5 Å². The molecule has 0 atom stereocenters. The standard InChI is InChI=1S/C14H23NO3/c1-10-12(17-4)7-6-11(13(10)18-5)15-8-14(2,3)9-16/h6-7,15-16H,8-9H2,1-5H3. The molecule has 1 aromatic rings. The molecule has 4 heteroatoms. The Kier molecular flexibility index (Phi) is 4.84. The van der Waals surface area contributed by atoms with Gasteiger partial charge in [0.15, 0.2) is 0 Å². The Morgan fingerprint density at radius 3 is 2.39 bits per heavy atom. The van der Waals surface area contributed by atoms with Gasteiger partial charge in [-0.15, -0.1) is 0 Å². The average Bonchev–Trinajstić information content (AvgIpc) is 2.36. The SMILES string of the molecule is COc1ccc(NCC(C)(C)CO)c(OC)c1C. The minimum absolute atomic E-state index is 0.136. The Balaban J connectivity index is 2.93. The fourth-order valence-corrected chi connectivity index (χ4v) is 1.69. The number of benzene rings is 1. The summed E-state index contributed by atoms with van der Waals surface area (Å²) in [5.74, 6) is 1.59. The van der Waals surface area contributed by atoms with Gasteiger partial charge < -0.3 is 19.9 Å². The van der Waals surface area contributed by atoms with Gasteiger partial charge in [0.05, 0.1) is 19.9 Å². The maximum atomic E-state index is 9.24. The highest BCUT2D eigenvalue weighted by Gasteiger charge is 2.18. The summed E-state index contributed by atoms with van der Waals surface area (Å²) < 4.78 is 10.7. The predicted molar refractivity (Wildman–Crippen MR) is 73.6 cm³/mol. The van der Waals surface area contributed by atoms with Crippen LogP contribution in [0.25, 0.3) is 0 Å². The van der Waals surface area contributed by atoms with Crippen molar-refractivity contribution in [2.24, 2.45) is 5.41 Å². The number of hydrogen-bond acceptors (Lipinski definition) is 4. The summed E-state index contributed by atoms with van der Waals surface area (Å²) in [5, 5.41) is 12.6. The molecule has 0 bridgehead atoms. The summed E-state index contributed by atoms with van der Waals surface area (Å²) in [6.45, 7) is 6.77. The van der Waals surface area contributed by atoms with E-state index in [0.29, 0.717) is 6.54 Å². The summed E-state index contributed by atoms with van der Waals surface area (Å²) in [5.41, 5.74) is 1.71. The Labute approximate surface area is 109 Å². The number of anilines is 1. The zero-order chi connectivity index (χ0) is 13.8. The monoisotopic (exact) mass is 253 g/mol. The van der Waals surface area contributed by atoms with Crippen molar-refractivity contribution in [3.63, 3.8) is 0 Å². The van der Waals surface area contributed by atoms with Crippen molar-refractivity contribution in [2.75, 3.05) is 32.7 Å². The average molecular weight is 253 g/mol. The number of hydrogen-bond donors (Lipinski definition) is 2. The number of aliphatic hydroxyl groups excluding tert-OH is 1. The quantitative estimate of drug-likeness (QED) is 0.817. The van der Waals surface area contributed by atoms with Gasteiger partial charge in [-0.2, -0.15) is 0 Å². The second-order valence-corrected chi connectivity index (χ2v) is 5.15. The molecule has 0 fully saturated rings. The highest BCUT2D eigenvalue weighted by atomic mass is 16.5. The third kappa shape index (κ3) is 3.29. The van der Waals surface area contributed by atoms with Crippen molar-refractivity contribution in [3.8, 4) is 11.5 Å². The minimum atomic E-state index is -0.168. The molecule has 0 heterocycles. The lowest BCUT2D eigenvalue weighted by Gasteiger charge is -2.24. The smallest absolute Gasteiger partial charge is 0.148 e. The van der Waals surface area contributed by atoms with Gasteiger partial charge in [-0.1, -0.05) is 13.8 Å². The third-order valence-corrected chi connectivity index (χ3v) is 2.97. The van der Waals surface area contributed by atoms with Crippen LogP contribution in [0, 0.1) is 12.3 Å². The largest absolute Gasteiger partial charge is 0.496 e. The summed E-state index contributed by atoms with van der Waals surface area (Å²) in [6, 6.07) is 3.84. The molecule has 18 heavy (non-hydrogen) atoms. The first-order valence-corrected chi connectivity index (χ1v) is 6.01. The first-order chi connectivity index (χ1) is 8.45. The minimum Gasteiger partial charge on any atom is -0.496 e. The van der Waals surface area contributed by atoms with E-state index < -0.39 is 0 Å². The second kappa shape index (κ2) is 5.96. The molecule has 0 saturated heterocycles. The molecule has 0 aliphatic heterocycles. The van der Waals surface area contributed by atoms with Crippen molar-refractivity contribution in [1.29, 1.82) is 0 Å². The van der Waals surface area contributed by atoms with E-state index in [1.165, 1.54) is 0 Å². The lowest BCUT2D eigenvalue weighted by atomic mass is 9.95. The Morgan fingerprint density at radius 2 is 1.89 bits per heavy atom. The molecular weight excluding hydrogens is 230 g/mol. The van der Waals surface area contributed by atoms with Crippen LogP contribution in [0.3, 0.4) is 0 Å². The van der Waals surface area contributed by atoms with Crippen LogP contribution in [0.15, 0.2) is 12.1 Å². The summed E-state index contributed by atoms with van der Waals surface area (Å²) in [7, 11) is 3.29. The molecule has 0 aliphatic carbocycles. The molecule has 0 aliphatic rings. The molecule has 0 unspecified atom stereocenters. The van der Waals surface area contributed by atoms with Crippen molar-refractivity contribution in [2.45, 2.75) is 20.8 Å².